The van der Waals surface area contributed by atoms with Gasteiger partial charge in [-0.1, -0.05) is 0 Å². The minimum absolute atomic E-state index is 0.0102. The summed E-state index contributed by atoms with van der Waals surface area (Å²) in [4.78, 5) is 19.1. The number of anilines is 2. The maximum Gasteiger partial charge on any atom is 0.254 e. The van der Waals surface area contributed by atoms with E-state index in [1.54, 1.807) is 18.3 Å². The zero-order valence-electron chi connectivity index (χ0n) is 15.3. The van der Waals surface area contributed by atoms with Crippen LogP contribution in [0.15, 0.2) is 36.5 Å². The molecule has 3 aliphatic heterocycles. The Morgan fingerprint density at radius 1 is 1.04 bits per heavy atom. The molecule has 0 saturated carbocycles. The second kappa shape index (κ2) is 6.96. The van der Waals surface area contributed by atoms with Gasteiger partial charge >= 0.3 is 0 Å². The molecule has 8 nitrogen and oxygen atoms in total. The number of pyridine rings is 1. The van der Waals surface area contributed by atoms with Crippen LogP contribution >= 0.6 is 0 Å². The number of hydrogen-bond acceptors (Lipinski definition) is 7. The Balaban J connectivity index is 1.27. The molecule has 1 N–H and O–H groups in total. The Labute approximate surface area is 162 Å². The van der Waals surface area contributed by atoms with Gasteiger partial charge in [0.2, 0.25) is 6.79 Å². The van der Waals surface area contributed by atoms with E-state index in [0.29, 0.717) is 56.3 Å². The fraction of sp³-hybridized carbons (Fsp3) is 0.400. The van der Waals surface area contributed by atoms with Gasteiger partial charge in [0.05, 0.1) is 13.2 Å². The number of rotatable bonds is 3. The largest absolute Gasteiger partial charge is 0.454 e. The average molecular weight is 383 g/mol. The zero-order chi connectivity index (χ0) is 19.0. The highest BCUT2D eigenvalue weighted by molar-refractivity contribution is 5.95. The van der Waals surface area contributed by atoms with Crippen molar-refractivity contribution < 1.29 is 23.7 Å². The van der Waals surface area contributed by atoms with Gasteiger partial charge in [0, 0.05) is 49.4 Å². The summed E-state index contributed by atoms with van der Waals surface area (Å²) in [7, 11) is 0. The van der Waals surface area contributed by atoms with Crippen molar-refractivity contribution in [2.75, 3.05) is 38.4 Å². The van der Waals surface area contributed by atoms with Crippen molar-refractivity contribution in [3.8, 4) is 11.5 Å². The van der Waals surface area contributed by atoms with Gasteiger partial charge in [-0.3, -0.25) is 4.79 Å². The fourth-order valence-corrected chi connectivity index (χ4v) is 3.77. The maximum absolute atomic E-state index is 12.9. The number of nitrogens with one attached hydrogen (secondary N) is 1. The van der Waals surface area contributed by atoms with Gasteiger partial charge in [0.1, 0.15) is 5.82 Å². The van der Waals surface area contributed by atoms with Gasteiger partial charge in [-0.25, -0.2) is 4.98 Å². The number of amides is 1. The van der Waals surface area contributed by atoms with Crippen LogP contribution in [0.5, 0.6) is 11.5 Å². The minimum atomic E-state index is -0.485. The minimum Gasteiger partial charge on any atom is -0.454 e. The molecule has 146 valence electrons. The summed E-state index contributed by atoms with van der Waals surface area (Å²) in [6, 6.07) is 9.08. The normalized spacial score (nSPS) is 19.8. The number of ether oxygens (including phenoxy) is 4. The van der Waals surface area contributed by atoms with Crippen molar-refractivity contribution in [1.29, 1.82) is 0 Å². The first-order chi connectivity index (χ1) is 13.7. The standard InChI is InChI=1S/C20H21N3O5/c24-19(23-7-4-20(5-8-23)27-9-10-28-20)14-3-6-21-18(11-14)22-15-1-2-16-17(12-15)26-13-25-16/h1-3,6,11-12H,4-5,7-10,13H2,(H,21,22). The van der Waals surface area contributed by atoms with Crippen molar-refractivity contribution in [3.05, 3.63) is 42.1 Å². The van der Waals surface area contributed by atoms with Crippen LogP contribution in [0.2, 0.25) is 0 Å². The summed E-state index contributed by atoms with van der Waals surface area (Å²) in [5.74, 6) is 1.52. The van der Waals surface area contributed by atoms with Crippen LogP contribution in [0.3, 0.4) is 0 Å². The van der Waals surface area contributed by atoms with Crippen LogP contribution in [-0.2, 0) is 9.47 Å². The molecule has 1 aromatic heterocycles. The van der Waals surface area contributed by atoms with Gasteiger partial charge < -0.3 is 29.2 Å². The molecule has 1 spiro atoms. The molecule has 0 radical (unpaired) electrons. The molecule has 3 aliphatic rings. The number of hydrogen-bond donors (Lipinski definition) is 1. The van der Waals surface area contributed by atoms with Crippen LogP contribution < -0.4 is 14.8 Å². The molecule has 0 unspecified atom stereocenters. The maximum atomic E-state index is 12.9. The van der Waals surface area contributed by atoms with E-state index in [4.69, 9.17) is 18.9 Å². The quantitative estimate of drug-likeness (QED) is 0.872. The van der Waals surface area contributed by atoms with E-state index in [-0.39, 0.29) is 12.7 Å². The van der Waals surface area contributed by atoms with E-state index in [1.807, 2.05) is 23.1 Å². The highest BCUT2D eigenvalue weighted by Crippen LogP contribution is 2.35. The predicted octanol–water partition coefficient (Wildman–Crippen LogP) is 2.53. The second-order valence-electron chi connectivity index (χ2n) is 7.02. The van der Waals surface area contributed by atoms with Crippen LogP contribution in [0.4, 0.5) is 11.5 Å². The van der Waals surface area contributed by atoms with Gasteiger partial charge in [-0.2, -0.15) is 0 Å². The molecule has 4 heterocycles. The molecule has 2 aromatic rings. The molecule has 1 amide bonds. The summed E-state index contributed by atoms with van der Waals surface area (Å²) in [6.07, 6.45) is 3.04. The number of benzene rings is 1. The van der Waals surface area contributed by atoms with Crippen molar-refractivity contribution >= 4 is 17.4 Å². The molecule has 2 fully saturated rings. The van der Waals surface area contributed by atoms with Crippen LogP contribution in [-0.4, -0.2) is 54.7 Å². The van der Waals surface area contributed by atoms with Gasteiger partial charge in [0.15, 0.2) is 17.3 Å². The second-order valence-corrected chi connectivity index (χ2v) is 7.02. The number of likely N-dealkylation sites (tertiary alicyclic amines) is 1. The number of fused-ring (bicyclic) bond motifs is 1. The number of carbonyl (C=O) groups is 1. The van der Waals surface area contributed by atoms with Crippen LogP contribution in [0, 0.1) is 0 Å². The van der Waals surface area contributed by atoms with Crippen molar-refractivity contribution in [2.45, 2.75) is 18.6 Å². The summed E-state index contributed by atoms with van der Waals surface area (Å²) in [5.41, 5.74) is 1.42. The van der Waals surface area contributed by atoms with Crippen LogP contribution in [0.1, 0.15) is 23.2 Å². The molecule has 8 heteroatoms. The predicted molar refractivity (Wildman–Crippen MR) is 99.9 cm³/mol. The first kappa shape index (κ1) is 17.3. The summed E-state index contributed by atoms with van der Waals surface area (Å²) >= 11 is 0. The number of aromatic nitrogens is 1. The van der Waals surface area contributed by atoms with Crippen molar-refractivity contribution in [2.24, 2.45) is 0 Å². The third kappa shape index (κ3) is 3.25. The van der Waals surface area contributed by atoms with E-state index in [0.717, 1.165) is 11.4 Å². The topological polar surface area (TPSA) is 82.2 Å². The van der Waals surface area contributed by atoms with Crippen LogP contribution in [0.25, 0.3) is 0 Å². The summed E-state index contributed by atoms with van der Waals surface area (Å²) in [5, 5.41) is 3.21. The molecular formula is C20H21N3O5. The summed E-state index contributed by atoms with van der Waals surface area (Å²) in [6.45, 7) is 2.73. The Bertz CT molecular complexity index is 887. The lowest BCUT2D eigenvalue weighted by Crippen LogP contribution is -2.47. The molecule has 5 rings (SSSR count). The first-order valence-corrected chi connectivity index (χ1v) is 9.41. The van der Waals surface area contributed by atoms with Gasteiger partial charge in [0.25, 0.3) is 5.91 Å². The molecule has 0 bridgehead atoms. The van der Waals surface area contributed by atoms with Gasteiger partial charge in [-0.15, -0.1) is 0 Å². The third-order valence-electron chi connectivity index (χ3n) is 5.28. The Kier molecular flexibility index (Phi) is 4.29. The highest BCUT2D eigenvalue weighted by Gasteiger charge is 2.40. The lowest BCUT2D eigenvalue weighted by atomic mass is 10.0. The van der Waals surface area contributed by atoms with E-state index < -0.39 is 5.79 Å². The lowest BCUT2D eigenvalue weighted by molar-refractivity contribution is -0.181. The molecule has 2 saturated heterocycles. The van der Waals surface area contributed by atoms with Gasteiger partial charge in [-0.05, 0) is 24.3 Å². The number of carbonyl (C=O) groups excluding carboxylic acids is 1. The third-order valence-corrected chi connectivity index (χ3v) is 5.28. The Morgan fingerprint density at radius 3 is 2.64 bits per heavy atom. The van der Waals surface area contributed by atoms with E-state index in [1.165, 1.54) is 0 Å². The first-order valence-electron chi connectivity index (χ1n) is 9.41. The smallest absolute Gasteiger partial charge is 0.254 e. The van der Waals surface area contributed by atoms with E-state index >= 15 is 0 Å². The lowest BCUT2D eigenvalue weighted by Gasteiger charge is -2.37. The molecule has 1 aromatic carbocycles. The Morgan fingerprint density at radius 2 is 1.82 bits per heavy atom. The number of piperidine rings is 1. The molecule has 0 atom stereocenters. The van der Waals surface area contributed by atoms with E-state index in [9.17, 15) is 4.79 Å². The number of nitrogens with zero attached hydrogens (tertiary/aromatic N) is 2. The molecular weight excluding hydrogens is 362 g/mol. The Hall–Kier alpha value is -2.84. The SMILES string of the molecule is O=C(c1ccnc(Nc2ccc3c(c2)OCO3)c1)N1CCC2(CC1)OCCO2. The average Bonchev–Trinajstić information content (AvgIpc) is 3.38. The molecule has 0 aliphatic carbocycles. The monoisotopic (exact) mass is 383 g/mol. The van der Waals surface area contributed by atoms with E-state index in [2.05, 4.69) is 10.3 Å². The molecule has 28 heavy (non-hydrogen) atoms. The summed E-state index contributed by atoms with van der Waals surface area (Å²) < 4.78 is 22.2. The van der Waals surface area contributed by atoms with Crippen molar-refractivity contribution in [1.82, 2.24) is 9.88 Å². The highest BCUT2D eigenvalue weighted by atomic mass is 16.7. The zero-order valence-corrected chi connectivity index (χ0v) is 15.3. The van der Waals surface area contributed by atoms with Crippen molar-refractivity contribution in [3.63, 3.8) is 0 Å². The fourth-order valence-electron chi connectivity index (χ4n) is 3.77.